The Bertz CT molecular complexity index is 467. The van der Waals surface area contributed by atoms with E-state index in [4.69, 9.17) is 0 Å². The van der Waals surface area contributed by atoms with Gasteiger partial charge in [0.1, 0.15) is 6.29 Å². The molecule has 0 aliphatic heterocycles. The Kier molecular flexibility index (Phi) is 2.52. The first-order valence-corrected chi connectivity index (χ1v) is 6.67. The molecule has 0 amide bonds. The van der Waals surface area contributed by atoms with E-state index < -0.39 is 0 Å². The van der Waals surface area contributed by atoms with Gasteiger partial charge in [0.25, 0.3) is 0 Å². The van der Waals surface area contributed by atoms with Gasteiger partial charge in [-0.3, -0.25) is 4.79 Å². The van der Waals surface area contributed by atoms with Crippen LogP contribution in [-0.4, -0.2) is 6.29 Å². The lowest BCUT2D eigenvalue weighted by atomic mass is 9.71. The minimum Gasteiger partial charge on any atom is -0.299 e. The molecule has 16 heavy (non-hydrogen) atoms. The fourth-order valence-electron chi connectivity index (χ4n) is 2.95. The van der Waals surface area contributed by atoms with Crippen LogP contribution in [0, 0.1) is 11.8 Å². The third kappa shape index (κ3) is 1.49. The monoisotopic (exact) mass is 230 g/mol. The molecule has 0 saturated carbocycles. The molecule has 1 nitrogen and oxygen atoms in total. The van der Waals surface area contributed by atoms with E-state index in [0.717, 1.165) is 19.1 Å². The van der Waals surface area contributed by atoms with Crippen LogP contribution in [0.2, 0.25) is 0 Å². The fourth-order valence-corrected chi connectivity index (χ4v) is 3.92. The number of allylic oxidation sites excluding steroid dienone is 4. The van der Waals surface area contributed by atoms with E-state index >= 15 is 0 Å². The summed E-state index contributed by atoms with van der Waals surface area (Å²) in [4.78, 5) is 12.2. The van der Waals surface area contributed by atoms with Crippen molar-refractivity contribution in [1.29, 1.82) is 0 Å². The number of carbonyl (C=O) groups is 1. The van der Waals surface area contributed by atoms with Gasteiger partial charge in [0, 0.05) is 4.88 Å². The van der Waals surface area contributed by atoms with Crippen molar-refractivity contribution in [3.05, 3.63) is 40.1 Å². The van der Waals surface area contributed by atoms with Crippen molar-refractivity contribution in [3.8, 4) is 0 Å². The average molecular weight is 230 g/mol. The third-order valence-electron chi connectivity index (χ3n) is 3.67. The number of hydrogen-bond donors (Lipinski definition) is 0. The van der Waals surface area contributed by atoms with Crippen molar-refractivity contribution in [2.45, 2.75) is 19.3 Å². The van der Waals surface area contributed by atoms with Crippen LogP contribution in [0.1, 0.15) is 23.3 Å². The van der Waals surface area contributed by atoms with Crippen LogP contribution in [0.3, 0.4) is 0 Å². The lowest BCUT2D eigenvalue weighted by molar-refractivity contribution is -0.104. The van der Waals surface area contributed by atoms with E-state index in [0.29, 0.717) is 11.8 Å². The third-order valence-corrected chi connectivity index (χ3v) is 4.61. The predicted molar refractivity (Wildman–Crippen MR) is 67.4 cm³/mol. The first-order valence-electron chi connectivity index (χ1n) is 5.79. The molecular weight excluding hydrogens is 216 g/mol. The Hall–Kier alpha value is -1.15. The van der Waals surface area contributed by atoms with E-state index in [1.54, 1.807) is 6.08 Å². The number of hydrogen-bond acceptors (Lipinski definition) is 2. The number of rotatable bonds is 1. The van der Waals surface area contributed by atoms with E-state index in [1.165, 1.54) is 22.4 Å². The van der Waals surface area contributed by atoms with Crippen LogP contribution in [0.4, 0.5) is 0 Å². The summed E-state index contributed by atoms with van der Waals surface area (Å²) >= 11 is 1.82. The summed E-state index contributed by atoms with van der Waals surface area (Å²) in [6.45, 7) is 0. The smallest absolute Gasteiger partial charge is 0.143 e. The standard InChI is InChI=1S/C14H14OS/c15-7-5-12-11-4-2-1-3-10(11)9-14-13(12)6-8-16-14/h1,3,5-8,10-11H,2,4,9H2/b12-5+. The molecule has 0 aromatic carbocycles. The molecule has 3 rings (SSSR count). The molecule has 0 spiro atoms. The van der Waals surface area contributed by atoms with Gasteiger partial charge in [-0.25, -0.2) is 0 Å². The number of aldehydes is 1. The molecule has 1 heterocycles. The second kappa shape index (κ2) is 4.02. The Morgan fingerprint density at radius 2 is 2.38 bits per heavy atom. The Morgan fingerprint density at radius 1 is 1.44 bits per heavy atom. The predicted octanol–water partition coefficient (Wildman–Crippen LogP) is 3.47. The van der Waals surface area contributed by atoms with Crippen LogP contribution in [0.15, 0.2) is 29.7 Å². The van der Waals surface area contributed by atoms with Gasteiger partial charge >= 0.3 is 0 Å². The molecule has 2 atom stereocenters. The summed E-state index contributed by atoms with van der Waals surface area (Å²) < 4.78 is 0. The first-order chi connectivity index (χ1) is 7.90. The fraction of sp³-hybridized carbons (Fsp3) is 0.357. The van der Waals surface area contributed by atoms with Crippen molar-refractivity contribution in [2.24, 2.45) is 11.8 Å². The van der Waals surface area contributed by atoms with Crippen LogP contribution < -0.4 is 0 Å². The summed E-state index contributed by atoms with van der Waals surface area (Å²) in [5.41, 5.74) is 2.60. The lowest BCUT2D eigenvalue weighted by Crippen LogP contribution is -2.24. The van der Waals surface area contributed by atoms with Gasteiger partial charge in [0.2, 0.25) is 0 Å². The van der Waals surface area contributed by atoms with E-state index in [2.05, 4.69) is 23.6 Å². The van der Waals surface area contributed by atoms with Crippen LogP contribution >= 0.6 is 11.3 Å². The lowest BCUT2D eigenvalue weighted by Gasteiger charge is -2.34. The molecule has 1 aromatic rings. The summed E-state index contributed by atoms with van der Waals surface area (Å²) in [5.74, 6) is 1.18. The second-order valence-electron chi connectivity index (χ2n) is 4.50. The van der Waals surface area contributed by atoms with Gasteiger partial charge in [-0.1, -0.05) is 12.2 Å². The minimum absolute atomic E-state index is 0.567. The Balaban J connectivity index is 2.10. The highest BCUT2D eigenvalue weighted by Gasteiger charge is 2.32. The van der Waals surface area contributed by atoms with Gasteiger partial charge in [-0.15, -0.1) is 11.3 Å². The molecule has 0 radical (unpaired) electrons. The summed E-state index contributed by atoms with van der Waals surface area (Å²) in [6, 6.07) is 2.17. The van der Waals surface area contributed by atoms with Crippen molar-refractivity contribution in [3.63, 3.8) is 0 Å². The van der Waals surface area contributed by atoms with E-state index in [-0.39, 0.29) is 0 Å². The molecule has 0 N–H and O–H groups in total. The maximum atomic E-state index is 10.8. The van der Waals surface area contributed by atoms with E-state index in [1.807, 2.05) is 11.3 Å². The highest BCUT2D eigenvalue weighted by molar-refractivity contribution is 7.10. The number of fused-ring (bicyclic) bond motifs is 2. The van der Waals surface area contributed by atoms with Gasteiger partial charge in [-0.2, -0.15) is 0 Å². The van der Waals surface area contributed by atoms with Crippen LogP contribution in [0.25, 0.3) is 5.57 Å². The van der Waals surface area contributed by atoms with Gasteiger partial charge in [0.15, 0.2) is 0 Å². The molecule has 2 aliphatic rings. The largest absolute Gasteiger partial charge is 0.299 e. The van der Waals surface area contributed by atoms with Gasteiger partial charge < -0.3 is 0 Å². The molecule has 0 saturated heterocycles. The molecule has 0 fully saturated rings. The quantitative estimate of drug-likeness (QED) is 0.410. The summed E-state index contributed by atoms with van der Waals surface area (Å²) in [5, 5.41) is 2.14. The first kappa shape index (κ1) is 10.0. The van der Waals surface area contributed by atoms with Gasteiger partial charge in [-0.05, 0) is 59.8 Å². The van der Waals surface area contributed by atoms with Crippen molar-refractivity contribution in [2.75, 3.05) is 0 Å². The second-order valence-corrected chi connectivity index (χ2v) is 5.50. The van der Waals surface area contributed by atoms with Gasteiger partial charge in [0.05, 0.1) is 0 Å². The highest BCUT2D eigenvalue weighted by Crippen LogP contribution is 2.45. The zero-order chi connectivity index (χ0) is 11.0. The molecular formula is C14H14OS. The zero-order valence-electron chi connectivity index (χ0n) is 9.06. The van der Waals surface area contributed by atoms with Crippen molar-refractivity contribution in [1.82, 2.24) is 0 Å². The molecule has 82 valence electrons. The molecule has 1 aromatic heterocycles. The SMILES string of the molecule is O=C/C=C1/c2ccsc2CC2C=CCCC12. The van der Waals surface area contributed by atoms with Crippen molar-refractivity contribution >= 4 is 23.2 Å². The number of carbonyl (C=O) groups excluding carboxylic acids is 1. The topological polar surface area (TPSA) is 17.1 Å². The highest BCUT2D eigenvalue weighted by atomic mass is 32.1. The normalized spacial score (nSPS) is 29.9. The van der Waals surface area contributed by atoms with Crippen molar-refractivity contribution < 1.29 is 4.79 Å². The average Bonchev–Trinajstić information content (AvgIpc) is 2.77. The molecule has 2 unspecified atom stereocenters. The van der Waals surface area contributed by atoms with Crippen LogP contribution in [0.5, 0.6) is 0 Å². The maximum Gasteiger partial charge on any atom is 0.143 e. The Labute approximate surface area is 99.5 Å². The summed E-state index contributed by atoms with van der Waals surface area (Å²) in [6.07, 6.45) is 10.9. The summed E-state index contributed by atoms with van der Waals surface area (Å²) in [7, 11) is 0. The maximum absolute atomic E-state index is 10.8. The van der Waals surface area contributed by atoms with Crippen LogP contribution in [-0.2, 0) is 11.2 Å². The minimum atomic E-state index is 0.567. The number of thiophene rings is 1. The molecule has 2 heteroatoms. The Morgan fingerprint density at radius 3 is 3.25 bits per heavy atom. The molecule has 0 bridgehead atoms. The van der Waals surface area contributed by atoms with E-state index in [9.17, 15) is 4.79 Å². The molecule has 2 aliphatic carbocycles. The zero-order valence-corrected chi connectivity index (χ0v) is 9.87.